The molecule has 0 aliphatic carbocycles. The maximum absolute atomic E-state index is 14.7. The number of aromatic nitrogens is 2. The zero-order valence-electron chi connectivity index (χ0n) is 21.3. The maximum atomic E-state index is 14.7. The molecule has 3 heterocycles. The average Bonchev–Trinajstić information content (AvgIpc) is 2.90. The van der Waals surface area contributed by atoms with Crippen molar-refractivity contribution in [3.8, 4) is 11.3 Å². The van der Waals surface area contributed by atoms with Gasteiger partial charge in [-0.2, -0.15) is 7.05 Å². The van der Waals surface area contributed by atoms with Gasteiger partial charge in [-0.25, -0.2) is 14.4 Å². The van der Waals surface area contributed by atoms with Crippen LogP contribution in [0.25, 0.3) is 27.6 Å². The van der Waals surface area contributed by atoms with Crippen LogP contribution in [-0.4, -0.2) is 43.4 Å². The first-order valence-corrected chi connectivity index (χ1v) is 12.2. The number of nitrogens with two attached hydrogens (primary N) is 1. The van der Waals surface area contributed by atoms with Crippen LogP contribution < -0.4 is 10.6 Å². The van der Waals surface area contributed by atoms with E-state index in [0.717, 1.165) is 53.2 Å². The van der Waals surface area contributed by atoms with Crippen molar-refractivity contribution < 1.29 is 30.2 Å². The molecule has 2 aromatic heterocycles. The molecule has 2 unspecified atom stereocenters. The molecular weight excluding hydrogens is 630 g/mol. The zero-order valence-corrected chi connectivity index (χ0v) is 24.9. The van der Waals surface area contributed by atoms with E-state index in [2.05, 4.69) is 16.8 Å². The predicted octanol–water partition coefficient (Wildman–Crippen LogP) is 5.81. The van der Waals surface area contributed by atoms with E-state index in [1.807, 2.05) is 54.6 Å². The molecule has 1 fully saturated rings. The molecule has 5 rings (SSSR count). The van der Waals surface area contributed by atoms with Crippen LogP contribution in [0.1, 0.15) is 24.5 Å². The van der Waals surface area contributed by atoms with E-state index in [0.29, 0.717) is 11.3 Å². The van der Waals surface area contributed by atoms with Crippen LogP contribution in [0.15, 0.2) is 71.7 Å². The summed E-state index contributed by atoms with van der Waals surface area (Å²) in [7, 11) is 3.53. The van der Waals surface area contributed by atoms with E-state index in [1.165, 1.54) is 6.07 Å². The molecule has 0 radical (unpaired) electrons. The van der Waals surface area contributed by atoms with Crippen LogP contribution in [0.4, 0.5) is 15.9 Å². The molecular formula is C29H30FHfN6-. The van der Waals surface area contributed by atoms with E-state index >= 15 is 0 Å². The van der Waals surface area contributed by atoms with Crippen molar-refractivity contribution in [1.29, 1.82) is 0 Å². The summed E-state index contributed by atoms with van der Waals surface area (Å²) in [6, 6.07) is 20.9. The minimum Gasteiger partial charge on any atom is -0.655 e. The van der Waals surface area contributed by atoms with E-state index in [4.69, 9.17) is 21.0 Å². The second-order valence-electron chi connectivity index (χ2n) is 9.36. The summed E-state index contributed by atoms with van der Waals surface area (Å²) in [6.07, 6.45) is 2.48. The quantitative estimate of drug-likeness (QED) is 0.167. The van der Waals surface area contributed by atoms with Gasteiger partial charge in [0.2, 0.25) is 0 Å². The number of halogens is 1. The van der Waals surface area contributed by atoms with Gasteiger partial charge in [-0.15, -0.1) is 0 Å². The van der Waals surface area contributed by atoms with Gasteiger partial charge in [-0.1, -0.05) is 36.7 Å². The molecule has 6 nitrogen and oxygen atoms in total. The topological polar surface area (TPSA) is 81.5 Å². The fourth-order valence-corrected chi connectivity index (χ4v) is 5.32. The van der Waals surface area contributed by atoms with Crippen molar-refractivity contribution >= 4 is 28.8 Å². The second kappa shape index (κ2) is 11.2. The molecule has 8 heteroatoms. The van der Waals surface area contributed by atoms with Gasteiger partial charge in [0.05, 0.1) is 16.7 Å². The zero-order chi connectivity index (χ0) is 25.3. The third kappa shape index (κ3) is 5.09. The largest absolute Gasteiger partial charge is 0.655 e. The van der Waals surface area contributed by atoms with Crippen molar-refractivity contribution in [2.24, 2.45) is 10.9 Å². The van der Waals surface area contributed by atoms with E-state index in [1.54, 1.807) is 26.4 Å². The number of hydrogen-bond donors (Lipinski definition) is 1. The Bertz CT molecular complexity index is 1440. The summed E-state index contributed by atoms with van der Waals surface area (Å²) in [4.78, 5) is 16.1. The Morgan fingerprint density at radius 1 is 1.08 bits per heavy atom. The van der Waals surface area contributed by atoms with E-state index < -0.39 is 5.54 Å². The molecule has 37 heavy (non-hydrogen) atoms. The molecule has 4 aromatic rings. The van der Waals surface area contributed by atoms with Gasteiger partial charge in [0.25, 0.3) is 0 Å². The predicted molar refractivity (Wildman–Crippen MR) is 146 cm³/mol. The number of benzene rings is 2. The molecule has 2 N–H and O–H groups in total. The van der Waals surface area contributed by atoms with Crippen molar-refractivity contribution in [3.63, 3.8) is 0 Å². The summed E-state index contributed by atoms with van der Waals surface area (Å²) in [6.45, 7) is 3.63. The van der Waals surface area contributed by atoms with Crippen LogP contribution in [0, 0.1) is 11.7 Å². The maximum Gasteiger partial charge on any atom is 0.129 e. The van der Waals surface area contributed by atoms with Crippen LogP contribution >= 0.6 is 0 Å². The van der Waals surface area contributed by atoms with Crippen molar-refractivity contribution in [2.75, 3.05) is 37.8 Å². The molecule has 1 aliphatic heterocycles. The number of pyridine rings is 2. The molecule has 0 spiro atoms. The number of anilines is 2. The normalized spacial score (nSPS) is 19.8. The molecule has 1 saturated heterocycles. The molecule has 2 atom stereocenters. The Hall–Kier alpha value is -2.97. The van der Waals surface area contributed by atoms with Crippen molar-refractivity contribution in [1.82, 2.24) is 9.97 Å². The SMILES string of the molecule is CN=Cc1cc(-c2ccc3nc(N4CCC([N-]C)(c5ccccc5F)C(C)C4)ccc3n2)ccc1N.[Hf]. The minimum atomic E-state index is -0.532. The number of hydrogen-bond acceptors (Lipinski definition) is 5. The summed E-state index contributed by atoms with van der Waals surface area (Å²) < 4.78 is 14.7. The van der Waals surface area contributed by atoms with Gasteiger partial charge in [0, 0.05) is 69.0 Å². The number of piperidine rings is 1. The monoisotopic (exact) mass is 661 g/mol. The van der Waals surface area contributed by atoms with Crippen LogP contribution in [0.2, 0.25) is 0 Å². The standard InChI is InChI=1S/C29H30FN6.Hf/c1-19-18-36(15-14-29(19,33-3)22-6-4-5-7-23(22)30)28-13-12-26-27(35-28)11-10-25(34-26)20-8-9-24(31)21(16-20)17-32-2;/h4-13,16-17,19H,14-15,18,31H2,1-3H3;/q-1;. The number of fused-ring (bicyclic) bond motifs is 1. The van der Waals surface area contributed by atoms with Gasteiger partial charge in [0.15, 0.2) is 0 Å². The van der Waals surface area contributed by atoms with Crippen molar-refractivity contribution in [3.05, 3.63) is 89.0 Å². The van der Waals surface area contributed by atoms with Crippen LogP contribution in [0.5, 0.6) is 0 Å². The number of aliphatic imine (C=N–C) groups is 1. The Balaban J connectivity index is 0.00000320. The van der Waals surface area contributed by atoms with Gasteiger partial charge < -0.3 is 16.0 Å². The molecule has 0 saturated carbocycles. The van der Waals surface area contributed by atoms with E-state index in [-0.39, 0.29) is 37.6 Å². The van der Waals surface area contributed by atoms with Gasteiger partial charge in [-0.05, 0) is 60.4 Å². The fraction of sp³-hybridized carbons (Fsp3) is 0.276. The first kappa shape index (κ1) is 27.1. The minimum absolute atomic E-state index is 0. The number of nitrogens with zero attached hydrogens (tertiary/aromatic N) is 5. The van der Waals surface area contributed by atoms with Crippen LogP contribution in [-0.2, 0) is 31.4 Å². The van der Waals surface area contributed by atoms with E-state index in [9.17, 15) is 4.39 Å². The molecule has 1 aliphatic rings. The smallest absolute Gasteiger partial charge is 0.129 e. The third-order valence-corrected chi connectivity index (χ3v) is 7.31. The molecule has 188 valence electrons. The summed E-state index contributed by atoms with van der Waals surface area (Å²) >= 11 is 0. The summed E-state index contributed by atoms with van der Waals surface area (Å²) in [5, 5.41) is 4.72. The van der Waals surface area contributed by atoms with Gasteiger partial charge in [0.1, 0.15) is 11.6 Å². The summed E-state index contributed by atoms with van der Waals surface area (Å²) in [5.74, 6) is 0.831. The Morgan fingerprint density at radius 2 is 1.84 bits per heavy atom. The summed E-state index contributed by atoms with van der Waals surface area (Å²) in [5.41, 5.74) is 11.2. The molecule has 0 amide bonds. The first-order chi connectivity index (χ1) is 17.4. The van der Waals surface area contributed by atoms with Gasteiger partial charge in [-0.3, -0.25) is 4.99 Å². The molecule has 2 aromatic carbocycles. The number of rotatable bonds is 5. The Morgan fingerprint density at radius 3 is 2.57 bits per heavy atom. The number of nitrogen functional groups attached to an aromatic ring is 1. The average molecular weight is 660 g/mol. The fourth-order valence-electron chi connectivity index (χ4n) is 5.32. The Labute approximate surface area is 236 Å². The van der Waals surface area contributed by atoms with Gasteiger partial charge >= 0.3 is 0 Å². The van der Waals surface area contributed by atoms with Crippen molar-refractivity contribution in [2.45, 2.75) is 18.9 Å². The first-order valence-electron chi connectivity index (χ1n) is 12.2. The second-order valence-corrected chi connectivity index (χ2v) is 9.36. The third-order valence-electron chi connectivity index (χ3n) is 7.31. The Kier molecular flexibility index (Phi) is 8.19. The van der Waals surface area contributed by atoms with Crippen LogP contribution in [0.3, 0.4) is 0 Å². The molecule has 0 bridgehead atoms.